The van der Waals surface area contributed by atoms with Gasteiger partial charge in [-0.15, -0.1) is 11.3 Å². The van der Waals surface area contributed by atoms with Gasteiger partial charge >= 0.3 is 5.97 Å². The Labute approximate surface area is 146 Å². The van der Waals surface area contributed by atoms with Crippen LogP contribution in [0, 0.1) is 5.92 Å². The molecule has 1 fully saturated rings. The van der Waals surface area contributed by atoms with Crippen LogP contribution in [0.15, 0.2) is 34.9 Å². The van der Waals surface area contributed by atoms with Crippen LogP contribution < -0.4 is 0 Å². The molecule has 0 aliphatic carbocycles. The number of hydrogen-bond acceptors (Lipinski definition) is 6. The maximum Gasteiger partial charge on any atom is 0.311 e. The molecule has 0 unspecified atom stereocenters. The van der Waals surface area contributed by atoms with Gasteiger partial charge < -0.3 is 14.1 Å². The van der Waals surface area contributed by atoms with Crippen LogP contribution >= 0.6 is 22.9 Å². The summed E-state index contributed by atoms with van der Waals surface area (Å²) in [6.07, 6.45) is 1.61. The molecule has 1 aliphatic heterocycles. The average molecular weight is 368 g/mol. The van der Waals surface area contributed by atoms with Gasteiger partial charge in [0.05, 0.1) is 27.9 Å². The monoisotopic (exact) mass is 367 g/mol. The number of likely N-dealkylation sites (tertiary alicyclic amines) is 1. The van der Waals surface area contributed by atoms with Crippen molar-refractivity contribution in [3.05, 3.63) is 45.5 Å². The summed E-state index contributed by atoms with van der Waals surface area (Å²) in [6, 6.07) is 6.71. The Bertz CT molecular complexity index is 754. The molecular weight excluding hydrogens is 354 g/mol. The van der Waals surface area contributed by atoms with Crippen molar-refractivity contribution in [3.8, 4) is 0 Å². The predicted octanol–water partition coefficient (Wildman–Crippen LogP) is 2.77. The van der Waals surface area contributed by atoms with Crippen LogP contribution in [0.4, 0.5) is 0 Å². The third kappa shape index (κ3) is 3.85. The van der Waals surface area contributed by atoms with Gasteiger partial charge in [0.15, 0.2) is 6.61 Å². The lowest BCUT2D eigenvalue weighted by atomic mass is 10.1. The highest BCUT2D eigenvalue weighted by atomic mass is 35.5. The van der Waals surface area contributed by atoms with E-state index in [1.54, 1.807) is 29.2 Å². The molecule has 24 heavy (non-hydrogen) atoms. The zero-order valence-electron chi connectivity index (χ0n) is 12.6. The first kappa shape index (κ1) is 16.7. The molecule has 3 rings (SSSR count). The SMILES string of the molecule is O=C(COC(=O)[C@@H]1CC(=O)N(Cc2ccco2)C1)c1ccc(Cl)s1. The summed E-state index contributed by atoms with van der Waals surface area (Å²) < 4.78 is 10.8. The number of rotatable bonds is 6. The Balaban J connectivity index is 1.50. The summed E-state index contributed by atoms with van der Waals surface area (Å²) >= 11 is 6.90. The molecule has 3 heterocycles. The van der Waals surface area contributed by atoms with Crippen molar-refractivity contribution >= 4 is 40.6 Å². The fourth-order valence-corrected chi connectivity index (χ4v) is 3.43. The predicted molar refractivity (Wildman–Crippen MR) is 86.9 cm³/mol. The van der Waals surface area contributed by atoms with E-state index in [1.165, 1.54) is 6.26 Å². The van der Waals surface area contributed by atoms with E-state index in [0.717, 1.165) is 11.3 Å². The first-order valence-corrected chi connectivity index (χ1v) is 8.47. The molecule has 6 nitrogen and oxygen atoms in total. The van der Waals surface area contributed by atoms with Crippen LogP contribution in [0.25, 0.3) is 0 Å². The molecule has 1 saturated heterocycles. The van der Waals surface area contributed by atoms with E-state index in [4.69, 9.17) is 20.8 Å². The van der Waals surface area contributed by atoms with E-state index in [1.807, 2.05) is 0 Å². The lowest BCUT2D eigenvalue weighted by Gasteiger charge is -2.14. The lowest BCUT2D eigenvalue weighted by molar-refractivity contribution is -0.147. The summed E-state index contributed by atoms with van der Waals surface area (Å²) in [5.74, 6) is -0.891. The number of carbonyl (C=O) groups is 3. The zero-order chi connectivity index (χ0) is 17.1. The van der Waals surface area contributed by atoms with Crippen molar-refractivity contribution < 1.29 is 23.5 Å². The van der Waals surface area contributed by atoms with Crippen LogP contribution in [0.3, 0.4) is 0 Å². The van der Waals surface area contributed by atoms with Crippen LogP contribution in [-0.4, -0.2) is 35.7 Å². The van der Waals surface area contributed by atoms with Crippen molar-refractivity contribution in [3.63, 3.8) is 0 Å². The van der Waals surface area contributed by atoms with E-state index in [0.29, 0.717) is 21.5 Å². The van der Waals surface area contributed by atoms with Gasteiger partial charge in [-0.2, -0.15) is 0 Å². The van der Waals surface area contributed by atoms with Gasteiger partial charge in [0, 0.05) is 13.0 Å². The third-order valence-corrected chi connectivity index (χ3v) is 4.94. The van der Waals surface area contributed by atoms with Gasteiger partial charge in [-0.1, -0.05) is 11.6 Å². The maximum atomic E-state index is 12.1. The zero-order valence-corrected chi connectivity index (χ0v) is 14.1. The first-order valence-electron chi connectivity index (χ1n) is 7.28. The summed E-state index contributed by atoms with van der Waals surface area (Å²) in [5.41, 5.74) is 0. The number of Topliss-reactive ketones (excluding diaryl/α,β-unsaturated/α-hetero) is 1. The first-order chi connectivity index (χ1) is 11.5. The molecule has 126 valence electrons. The van der Waals surface area contributed by atoms with E-state index in [-0.39, 0.29) is 31.3 Å². The summed E-state index contributed by atoms with van der Waals surface area (Å²) in [7, 11) is 0. The van der Waals surface area contributed by atoms with Crippen LogP contribution in [0.1, 0.15) is 21.9 Å². The van der Waals surface area contributed by atoms with E-state index >= 15 is 0 Å². The van der Waals surface area contributed by atoms with E-state index < -0.39 is 11.9 Å². The van der Waals surface area contributed by atoms with Crippen molar-refractivity contribution in [2.24, 2.45) is 5.92 Å². The summed E-state index contributed by atoms with van der Waals surface area (Å²) in [4.78, 5) is 37.9. The number of amides is 1. The van der Waals surface area contributed by atoms with Gasteiger partial charge in [0.25, 0.3) is 0 Å². The largest absolute Gasteiger partial charge is 0.467 e. The number of furan rings is 1. The number of hydrogen-bond donors (Lipinski definition) is 0. The summed E-state index contributed by atoms with van der Waals surface area (Å²) in [6.45, 7) is 0.234. The van der Waals surface area contributed by atoms with E-state index in [2.05, 4.69) is 0 Å². The Morgan fingerprint density at radius 3 is 2.88 bits per heavy atom. The molecule has 2 aromatic heterocycles. The Hall–Kier alpha value is -2.12. The van der Waals surface area contributed by atoms with Crippen molar-refractivity contribution in [1.82, 2.24) is 4.90 Å². The molecule has 2 aromatic rings. The average Bonchev–Trinajstić information content (AvgIpc) is 3.28. The lowest BCUT2D eigenvalue weighted by Crippen LogP contribution is -2.26. The van der Waals surface area contributed by atoms with Gasteiger partial charge in [0.2, 0.25) is 11.7 Å². The number of esters is 1. The Kier molecular flexibility index (Phi) is 5.01. The second-order valence-corrected chi connectivity index (χ2v) is 7.10. The number of carbonyl (C=O) groups excluding carboxylic acids is 3. The minimum absolute atomic E-state index is 0.0819. The molecule has 0 bridgehead atoms. The molecule has 0 spiro atoms. The highest BCUT2D eigenvalue weighted by Crippen LogP contribution is 2.23. The fraction of sp³-hybridized carbons (Fsp3) is 0.312. The highest BCUT2D eigenvalue weighted by molar-refractivity contribution is 7.18. The van der Waals surface area contributed by atoms with Crippen LogP contribution in [0.5, 0.6) is 0 Å². The number of nitrogens with zero attached hydrogens (tertiary/aromatic N) is 1. The molecule has 0 radical (unpaired) electrons. The molecule has 1 aliphatic rings. The van der Waals surface area contributed by atoms with Crippen molar-refractivity contribution in [1.29, 1.82) is 0 Å². The standard InChI is InChI=1S/C16H14ClNO5S/c17-14-4-3-13(24-14)12(19)9-23-16(21)10-6-15(20)18(7-10)8-11-2-1-5-22-11/h1-5,10H,6-9H2/t10-/m1/s1. The fourth-order valence-electron chi connectivity index (χ4n) is 2.46. The quantitative estimate of drug-likeness (QED) is 0.579. The van der Waals surface area contributed by atoms with Gasteiger partial charge in [-0.05, 0) is 24.3 Å². The smallest absolute Gasteiger partial charge is 0.311 e. The minimum Gasteiger partial charge on any atom is -0.467 e. The van der Waals surface area contributed by atoms with Crippen LogP contribution in [0.2, 0.25) is 4.34 Å². The highest BCUT2D eigenvalue weighted by Gasteiger charge is 2.35. The molecular formula is C16H14ClNO5S. The number of thiophene rings is 1. The third-order valence-electron chi connectivity index (χ3n) is 3.67. The number of ether oxygens (including phenoxy) is 1. The second kappa shape index (κ2) is 7.19. The van der Waals surface area contributed by atoms with Gasteiger partial charge in [0.1, 0.15) is 5.76 Å². The van der Waals surface area contributed by atoms with Crippen LogP contribution in [-0.2, 0) is 20.9 Å². The Morgan fingerprint density at radius 1 is 1.38 bits per heavy atom. The summed E-state index contributed by atoms with van der Waals surface area (Å²) in [5, 5.41) is 0. The Morgan fingerprint density at radius 2 is 2.21 bits per heavy atom. The van der Waals surface area contributed by atoms with Gasteiger partial charge in [-0.25, -0.2) is 0 Å². The molecule has 0 N–H and O–H groups in total. The molecule has 0 saturated carbocycles. The minimum atomic E-state index is -0.563. The molecule has 1 amide bonds. The van der Waals surface area contributed by atoms with Crippen molar-refractivity contribution in [2.45, 2.75) is 13.0 Å². The number of halogens is 1. The normalized spacial score (nSPS) is 17.3. The maximum absolute atomic E-state index is 12.1. The van der Waals surface area contributed by atoms with Gasteiger partial charge in [-0.3, -0.25) is 14.4 Å². The van der Waals surface area contributed by atoms with E-state index in [9.17, 15) is 14.4 Å². The molecule has 8 heteroatoms. The number of ketones is 1. The molecule has 1 atom stereocenters. The topological polar surface area (TPSA) is 76.8 Å². The van der Waals surface area contributed by atoms with Crippen molar-refractivity contribution in [2.75, 3.05) is 13.2 Å². The molecule has 0 aromatic carbocycles. The second-order valence-electron chi connectivity index (χ2n) is 5.39.